The van der Waals surface area contributed by atoms with E-state index in [4.69, 9.17) is 4.74 Å². The highest BCUT2D eigenvalue weighted by Crippen LogP contribution is 2.16. The molecule has 1 saturated heterocycles. The number of amides is 1. The Bertz CT molecular complexity index is 433. The smallest absolute Gasteiger partial charge is 0.240 e. The molecular weight excluding hydrogens is 250 g/mol. The standard InChI is InChI=1S/C12H19N3O2S/c1-7-10(18-9(3)15-7)6-14-12(16)11-8(2)17-5-4-13-11/h8,11,13H,4-6H2,1-3H3,(H,14,16)/t8-,11+/m1/s1. The second-order valence-corrected chi connectivity index (χ2v) is 5.75. The maximum absolute atomic E-state index is 12.0. The molecule has 1 aromatic rings. The molecule has 18 heavy (non-hydrogen) atoms. The molecule has 2 heterocycles. The molecule has 1 fully saturated rings. The monoisotopic (exact) mass is 269 g/mol. The van der Waals surface area contributed by atoms with E-state index < -0.39 is 0 Å². The molecule has 1 aliphatic heterocycles. The lowest BCUT2D eigenvalue weighted by Crippen LogP contribution is -2.55. The third kappa shape index (κ3) is 3.07. The van der Waals surface area contributed by atoms with Crippen LogP contribution < -0.4 is 10.6 Å². The highest BCUT2D eigenvalue weighted by Gasteiger charge is 2.28. The summed E-state index contributed by atoms with van der Waals surface area (Å²) >= 11 is 1.63. The maximum atomic E-state index is 12.0. The van der Waals surface area contributed by atoms with Gasteiger partial charge in [-0.15, -0.1) is 11.3 Å². The van der Waals surface area contributed by atoms with Crippen LogP contribution in [-0.2, 0) is 16.1 Å². The van der Waals surface area contributed by atoms with Crippen molar-refractivity contribution in [3.8, 4) is 0 Å². The van der Waals surface area contributed by atoms with Crippen LogP contribution in [0.15, 0.2) is 0 Å². The number of nitrogens with zero attached hydrogens (tertiary/aromatic N) is 1. The van der Waals surface area contributed by atoms with Gasteiger partial charge in [0.05, 0.1) is 30.0 Å². The number of carbonyl (C=O) groups is 1. The Hall–Kier alpha value is -0.980. The van der Waals surface area contributed by atoms with Crippen molar-refractivity contribution >= 4 is 17.2 Å². The molecule has 0 unspecified atom stereocenters. The summed E-state index contributed by atoms with van der Waals surface area (Å²) in [4.78, 5) is 17.5. The minimum Gasteiger partial charge on any atom is -0.375 e. The quantitative estimate of drug-likeness (QED) is 0.850. The summed E-state index contributed by atoms with van der Waals surface area (Å²) in [6.45, 7) is 7.79. The Balaban J connectivity index is 1.89. The Morgan fingerprint density at radius 3 is 3.00 bits per heavy atom. The number of morpholine rings is 1. The van der Waals surface area contributed by atoms with E-state index in [0.717, 1.165) is 22.1 Å². The summed E-state index contributed by atoms with van der Waals surface area (Å²) < 4.78 is 5.46. The molecule has 0 aromatic carbocycles. The normalized spacial score (nSPS) is 23.9. The number of thiazole rings is 1. The minimum atomic E-state index is -0.256. The Labute approximate surface area is 111 Å². The van der Waals surface area contributed by atoms with E-state index in [9.17, 15) is 4.79 Å². The summed E-state index contributed by atoms with van der Waals surface area (Å²) in [6.07, 6.45) is -0.0805. The van der Waals surface area contributed by atoms with E-state index in [-0.39, 0.29) is 18.1 Å². The molecule has 5 nitrogen and oxygen atoms in total. The van der Waals surface area contributed by atoms with Gasteiger partial charge in [-0.25, -0.2) is 4.98 Å². The molecule has 1 amide bonds. The molecule has 0 bridgehead atoms. The van der Waals surface area contributed by atoms with Crippen LogP contribution in [0, 0.1) is 13.8 Å². The van der Waals surface area contributed by atoms with E-state index in [1.54, 1.807) is 11.3 Å². The van der Waals surface area contributed by atoms with Crippen LogP contribution in [-0.4, -0.2) is 36.2 Å². The number of hydrogen-bond donors (Lipinski definition) is 2. The van der Waals surface area contributed by atoms with Gasteiger partial charge in [-0.1, -0.05) is 0 Å². The van der Waals surface area contributed by atoms with E-state index in [2.05, 4.69) is 15.6 Å². The number of aryl methyl sites for hydroxylation is 2. The first-order valence-electron chi connectivity index (χ1n) is 6.13. The van der Waals surface area contributed by atoms with E-state index in [1.807, 2.05) is 20.8 Å². The third-order valence-corrected chi connectivity index (χ3v) is 4.09. The van der Waals surface area contributed by atoms with E-state index >= 15 is 0 Å². The molecule has 6 heteroatoms. The zero-order chi connectivity index (χ0) is 13.1. The van der Waals surface area contributed by atoms with Gasteiger partial charge in [-0.3, -0.25) is 4.79 Å². The predicted octanol–water partition coefficient (Wildman–Crippen LogP) is 0.753. The van der Waals surface area contributed by atoms with Gasteiger partial charge >= 0.3 is 0 Å². The molecule has 0 saturated carbocycles. The summed E-state index contributed by atoms with van der Waals surface area (Å²) in [5.41, 5.74) is 0.999. The molecule has 2 atom stereocenters. The lowest BCUT2D eigenvalue weighted by atomic mass is 10.1. The number of rotatable bonds is 3. The van der Waals surface area contributed by atoms with Crippen LogP contribution in [0.5, 0.6) is 0 Å². The Kier molecular flexibility index (Phi) is 4.31. The zero-order valence-corrected chi connectivity index (χ0v) is 11.8. The number of nitrogens with one attached hydrogen (secondary N) is 2. The van der Waals surface area contributed by atoms with E-state index in [1.165, 1.54) is 0 Å². The first-order chi connectivity index (χ1) is 8.58. The number of hydrogen-bond acceptors (Lipinski definition) is 5. The third-order valence-electron chi connectivity index (χ3n) is 3.02. The summed E-state index contributed by atoms with van der Waals surface area (Å²) in [6, 6.07) is -0.256. The molecule has 1 aromatic heterocycles. The number of carbonyl (C=O) groups excluding carboxylic acids is 1. The van der Waals surface area contributed by atoms with Crippen LogP contribution in [0.4, 0.5) is 0 Å². The van der Waals surface area contributed by atoms with Crippen molar-refractivity contribution in [3.63, 3.8) is 0 Å². The van der Waals surface area contributed by atoms with E-state index in [0.29, 0.717) is 13.2 Å². The summed E-state index contributed by atoms with van der Waals surface area (Å²) in [5, 5.41) is 7.15. The molecule has 0 aliphatic carbocycles. The SMILES string of the molecule is Cc1nc(C)c(CNC(=O)[C@H]2NCCO[C@@H]2C)s1. The van der Waals surface area contributed by atoms with Gasteiger partial charge in [0.25, 0.3) is 0 Å². The van der Waals surface area contributed by atoms with Gasteiger partial charge in [0.15, 0.2) is 0 Å². The molecule has 1 aliphatic rings. The van der Waals surface area contributed by atoms with Gasteiger partial charge in [-0.2, -0.15) is 0 Å². The molecule has 2 N–H and O–H groups in total. The van der Waals surface area contributed by atoms with Crippen LogP contribution in [0.3, 0.4) is 0 Å². The fraction of sp³-hybridized carbons (Fsp3) is 0.667. The van der Waals surface area contributed by atoms with Crippen molar-refractivity contribution in [1.82, 2.24) is 15.6 Å². The molecule has 2 rings (SSSR count). The second kappa shape index (κ2) is 5.77. The first-order valence-corrected chi connectivity index (χ1v) is 6.95. The fourth-order valence-corrected chi connectivity index (χ4v) is 2.92. The van der Waals surface area contributed by atoms with Gasteiger partial charge < -0.3 is 15.4 Å². The fourth-order valence-electron chi connectivity index (χ4n) is 2.04. The molecule has 0 radical (unpaired) electrons. The summed E-state index contributed by atoms with van der Waals surface area (Å²) in [5.74, 6) is -0.00680. The number of aromatic nitrogens is 1. The van der Waals surface area contributed by atoms with Crippen molar-refractivity contribution in [1.29, 1.82) is 0 Å². The number of ether oxygens (including phenoxy) is 1. The van der Waals surface area contributed by atoms with Crippen LogP contribution in [0.25, 0.3) is 0 Å². The topological polar surface area (TPSA) is 63.2 Å². The molecule has 100 valence electrons. The second-order valence-electron chi connectivity index (χ2n) is 4.47. The average Bonchev–Trinajstić information content (AvgIpc) is 2.65. The largest absolute Gasteiger partial charge is 0.375 e. The highest BCUT2D eigenvalue weighted by molar-refractivity contribution is 7.11. The zero-order valence-electron chi connectivity index (χ0n) is 10.9. The van der Waals surface area contributed by atoms with Crippen molar-refractivity contribution in [2.24, 2.45) is 0 Å². The van der Waals surface area contributed by atoms with Crippen molar-refractivity contribution in [2.45, 2.75) is 39.5 Å². The first kappa shape index (κ1) is 13.5. The average molecular weight is 269 g/mol. The van der Waals surface area contributed by atoms with Crippen molar-refractivity contribution in [2.75, 3.05) is 13.2 Å². The van der Waals surface area contributed by atoms with Crippen LogP contribution in [0.1, 0.15) is 22.5 Å². The van der Waals surface area contributed by atoms with Gasteiger partial charge in [-0.05, 0) is 20.8 Å². The Morgan fingerprint density at radius 1 is 1.61 bits per heavy atom. The lowest BCUT2D eigenvalue weighted by Gasteiger charge is -2.29. The summed E-state index contributed by atoms with van der Waals surface area (Å²) in [7, 11) is 0. The minimum absolute atomic E-state index is 0.00680. The van der Waals surface area contributed by atoms with Crippen molar-refractivity contribution < 1.29 is 9.53 Å². The van der Waals surface area contributed by atoms with Crippen LogP contribution in [0.2, 0.25) is 0 Å². The lowest BCUT2D eigenvalue weighted by molar-refractivity contribution is -0.129. The van der Waals surface area contributed by atoms with Gasteiger partial charge in [0, 0.05) is 11.4 Å². The van der Waals surface area contributed by atoms with Crippen LogP contribution >= 0.6 is 11.3 Å². The molecule has 0 spiro atoms. The molecular formula is C12H19N3O2S. The maximum Gasteiger partial charge on any atom is 0.240 e. The van der Waals surface area contributed by atoms with Gasteiger partial charge in [0.1, 0.15) is 6.04 Å². The van der Waals surface area contributed by atoms with Gasteiger partial charge in [0.2, 0.25) is 5.91 Å². The Morgan fingerprint density at radius 2 is 2.39 bits per heavy atom. The predicted molar refractivity (Wildman–Crippen MR) is 70.6 cm³/mol. The highest BCUT2D eigenvalue weighted by atomic mass is 32.1. The van der Waals surface area contributed by atoms with Crippen molar-refractivity contribution in [3.05, 3.63) is 15.6 Å².